The number of alkyl halides is 3. The average molecular weight is 245 g/mol. The molecule has 0 unspecified atom stereocenters. The van der Waals surface area contributed by atoms with E-state index in [9.17, 15) is 18.0 Å². The molecule has 7 heteroatoms. The van der Waals surface area contributed by atoms with E-state index in [0.29, 0.717) is 6.42 Å². The second-order valence-electron chi connectivity index (χ2n) is 3.74. The third-order valence-corrected chi connectivity index (χ3v) is 2.60. The van der Waals surface area contributed by atoms with Gasteiger partial charge in [-0.1, -0.05) is 0 Å². The largest absolute Gasteiger partial charge is 0.418 e. The molecule has 0 spiro atoms. The number of hydrogen-bond donors (Lipinski definition) is 1. The van der Waals surface area contributed by atoms with Gasteiger partial charge < -0.3 is 10.6 Å². The van der Waals surface area contributed by atoms with E-state index >= 15 is 0 Å². The first-order chi connectivity index (χ1) is 7.91. The lowest BCUT2D eigenvalue weighted by Gasteiger charge is -2.21. The summed E-state index contributed by atoms with van der Waals surface area (Å²) < 4.78 is 38.4. The lowest BCUT2D eigenvalue weighted by Crippen LogP contribution is -2.28. The second-order valence-corrected chi connectivity index (χ2v) is 3.74. The van der Waals surface area contributed by atoms with Gasteiger partial charge in [0.05, 0.1) is 11.3 Å². The van der Waals surface area contributed by atoms with Gasteiger partial charge in [0.1, 0.15) is 5.82 Å². The van der Waals surface area contributed by atoms with Crippen molar-refractivity contribution in [1.29, 1.82) is 0 Å². The van der Waals surface area contributed by atoms with Gasteiger partial charge in [-0.2, -0.15) is 13.2 Å². The number of rotatable bonds is 1. The van der Waals surface area contributed by atoms with Gasteiger partial charge in [0.2, 0.25) is 5.91 Å². The van der Waals surface area contributed by atoms with Gasteiger partial charge in [-0.25, -0.2) is 4.98 Å². The second kappa shape index (κ2) is 3.90. The van der Waals surface area contributed by atoms with Crippen molar-refractivity contribution < 1.29 is 18.0 Å². The summed E-state index contributed by atoms with van der Waals surface area (Å²) in [6.45, 7) is 0.248. The number of carbonyl (C=O) groups is 1. The molecule has 1 amide bonds. The summed E-state index contributed by atoms with van der Waals surface area (Å²) in [6, 6.07) is 0.831. The average Bonchev–Trinajstić information content (AvgIpc) is 2.62. The van der Waals surface area contributed by atoms with Crippen LogP contribution in [0, 0.1) is 0 Å². The number of carbonyl (C=O) groups excluding carboxylic acids is 1. The van der Waals surface area contributed by atoms with Gasteiger partial charge in [-0.3, -0.25) is 4.79 Å². The molecule has 0 radical (unpaired) electrons. The van der Waals surface area contributed by atoms with E-state index in [-0.39, 0.29) is 30.4 Å². The Morgan fingerprint density at radius 3 is 2.65 bits per heavy atom. The molecule has 2 heterocycles. The van der Waals surface area contributed by atoms with E-state index in [1.165, 1.54) is 0 Å². The Labute approximate surface area is 95.2 Å². The van der Waals surface area contributed by atoms with Crippen molar-refractivity contribution in [3.63, 3.8) is 0 Å². The zero-order valence-corrected chi connectivity index (χ0v) is 8.79. The van der Waals surface area contributed by atoms with Crippen LogP contribution in [0.3, 0.4) is 0 Å². The summed E-state index contributed by atoms with van der Waals surface area (Å²) in [6.07, 6.45) is -2.78. The maximum atomic E-state index is 12.8. The fraction of sp³-hybridized carbons (Fsp3) is 0.400. The first-order valence-electron chi connectivity index (χ1n) is 5.03. The Morgan fingerprint density at radius 1 is 1.41 bits per heavy atom. The summed E-state index contributed by atoms with van der Waals surface area (Å²) in [5.74, 6) is -0.620. The Morgan fingerprint density at radius 2 is 2.12 bits per heavy atom. The highest BCUT2D eigenvalue weighted by atomic mass is 19.4. The van der Waals surface area contributed by atoms with E-state index < -0.39 is 11.7 Å². The smallest absolute Gasteiger partial charge is 0.382 e. The summed E-state index contributed by atoms with van der Waals surface area (Å²) in [5, 5.41) is 0. The first kappa shape index (κ1) is 11.7. The van der Waals surface area contributed by atoms with Crippen LogP contribution in [0.15, 0.2) is 12.3 Å². The van der Waals surface area contributed by atoms with E-state index in [1.807, 2.05) is 0 Å². The Kier molecular flexibility index (Phi) is 2.68. The minimum Gasteiger partial charge on any atom is -0.382 e. The molecule has 1 aliphatic rings. The van der Waals surface area contributed by atoms with Crippen LogP contribution in [0.1, 0.15) is 18.4 Å². The van der Waals surface area contributed by atoms with E-state index in [1.54, 1.807) is 0 Å². The van der Waals surface area contributed by atoms with Gasteiger partial charge >= 0.3 is 6.18 Å². The van der Waals surface area contributed by atoms with Crippen molar-refractivity contribution in [2.45, 2.75) is 19.0 Å². The molecule has 1 aliphatic heterocycles. The number of amides is 1. The lowest BCUT2D eigenvalue weighted by atomic mass is 10.2. The molecule has 0 bridgehead atoms. The number of pyridine rings is 1. The number of nitrogens with two attached hydrogens (primary N) is 1. The normalized spacial score (nSPS) is 16.6. The molecule has 1 saturated heterocycles. The van der Waals surface area contributed by atoms with Gasteiger partial charge in [0.15, 0.2) is 0 Å². The molecular formula is C10H10F3N3O. The molecule has 1 aromatic heterocycles. The quantitative estimate of drug-likeness (QED) is 0.820. The van der Waals surface area contributed by atoms with Crippen LogP contribution in [0.5, 0.6) is 0 Å². The van der Waals surface area contributed by atoms with E-state index in [4.69, 9.17) is 5.73 Å². The zero-order valence-electron chi connectivity index (χ0n) is 8.79. The maximum absolute atomic E-state index is 12.8. The molecule has 0 atom stereocenters. The topological polar surface area (TPSA) is 59.2 Å². The summed E-state index contributed by atoms with van der Waals surface area (Å²) >= 11 is 0. The van der Waals surface area contributed by atoms with Crippen molar-refractivity contribution >= 4 is 17.4 Å². The molecule has 2 rings (SSSR count). The van der Waals surface area contributed by atoms with Crippen LogP contribution in [-0.4, -0.2) is 17.4 Å². The number of aromatic nitrogens is 1. The minimum atomic E-state index is -4.55. The lowest BCUT2D eigenvalue weighted by molar-refractivity contribution is -0.137. The summed E-state index contributed by atoms with van der Waals surface area (Å²) in [5.41, 5.74) is 4.22. The molecule has 0 aromatic carbocycles. The van der Waals surface area contributed by atoms with Crippen LogP contribution < -0.4 is 10.6 Å². The highest BCUT2D eigenvalue weighted by Crippen LogP contribution is 2.40. The van der Waals surface area contributed by atoms with Crippen molar-refractivity contribution in [3.05, 3.63) is 17.8 Å². The number of halogens is 3. The molecular weight excluding hydrogens is 235 g/mol. The molecule has 1 aromatic rings. The highest BCUT2D eigenvalue weighted by molar-refractivity contribution is 5.98. The third kappa shape index (κ3) is 2.04. The molecule has 2 N–H and O–H groups in total. The highest BCUT2D eigenvalue weighted by Gasteiger charge is 2.38. The fourth-order valence-electron chi connectivity index (χ4n) is 1.87. The van der Waals surface area contributed by atoms with Crippen molar-refractivity contribution in [2.24, 2.45) is 0 Å². The molecule has 1 fully saturated rings. The van der Waals surface area contributed by atoms with Crippen molar-refractivity contribution in [2.75, 3.05) is 17.2 Å². The minimum absolute atomic E-state index is 0.242. The van der Waals surface area contributed by atoms with Crippen LogP contribution in [0.25, 0.3) is 0 Å². The van der Waals surface area contributed by atoms with Crippen LogP contribution in [-0.2, 0) is 11.0 Å². The van der Waals surface area contributed by atoms with Crippen LogP contribution >= 0.6 is 0 Å². The maximum Gasteiger partial charge on any atom is 0.418 e. The monoisotopic (exact) mass is 245 g/mol. The number of nitrogens with zero attached hydrogens (tertiary/aromatic N) is 2. The van der Waals surface area contributed by atoms with Crippen molar-refractivity contribution in [1.82, 2.24) is 4.98 Å². The predicted octanol–water partition coefficient (Wildman–Crippen LogP) is 1.81. The third-order valence-electron chi connectivity index (χ3n) is 2.60. The standard InChI is InChI=1S/C10H10F3N3O/c11-10(12,13)6-3-4-15-9(14)8(6)16-5-1-2-7(16)17/h3-4H,1-2,5H2,(H2,14,15). The zero-order chi connectivity index (χ0) is 12.6. The number of hydrogen-bond acceptors (Lipinski definition) is 3. The van der Waals surface area contributed by atoms with E-state index in [0.717, 1.165) is 17.2 Å². The fourth-order valence-corrected chi connectivity index (χ4v) is 1.87. The van der Waals surface area contributed by atoms with Gasteiger partial charge in [0.25, 0.3) is 0 Å². The first-order valence-corrected chi connectivity index (χ1v) is 5.03. The molecule has 0 saturated carbocycles. The van der Waals surface area contributed by atoms with E-state index in [2.05, 4.69) is 4.98 Å². The Hall–Kier alpha value is -1.79. The van der Waals surface area contributed by atoms with Gasteiger partial charge in [-0.15, -0.1) is 0 Å². The molecule has 0 aliphatic carbocycles. The Bertz CT molecular complexity index is 459. The van der Waals surface area contributed by atoms with Crippen LogP contribution in [0.2, 0.25) is 0 Å². The number of nitrogen functional groups attached to an aromatic ring is 1. The van der Waals surface area contributed by atoms with Gasteiger partial charge in [0, 0.05) is 19.2 Å². The number of anilines is 2. The SMILES string of the molecule is Nc1nccc(C(F)(F)F)c1N1CCCC1=O. The van der Waals surface area contributed by atoms with Crippen molar-refractivity contribution in [3.8, 4) is 0 Å². The van der Waals surface area contributed by atoms with Crippen LogP contribution in [0.4, 0.5) is 24.7 Å². The molecule has 4 nitrogen and oxygen atoms in total. The predicted molar refractivity (Wildman–Crippen MR) is 55.2 cm³/mol. The summed E-state index contributed by atoms with van der Waals surface area (Å²) in [7, 11) is 0. The summed E-state index contributed by atoms with van der Waals surface area (Å²) in [4.78, 5) is 16.2. The van der Waals surface area contributed by atoms with Gasteiger partial charge in [-0.05, 0) is 12.5 Å². The molecule has 92 valence electrons. The Balaban J connectivity index is 2.55. The molecule has 17 heavy (non-hydrogen) atoms.